The van der Waals surface area contributed by atoms with E-state index >= 15 is 0 Å². The van der Waals surface area contributed by atoms with E-state index in [1.54, 1.807) is 13.8 Å². The SMILES string of the molecule is CC(C)NP(C)(=O)OC[C@H]1O[C@@H](n2ccc(=O)[nH]c2=O)C(C)(F)[C@H]1O.O=C=O. The van der Waals surface area contributed by atoms with Gasteiger partial charge in [-0.05, 0) is 20.8 Å². The summed E-state index contributed by atoms with van der Waals surface area (Å²) in [6.45, 7) is 5.70. The Balaban J connectivity index is 0.00000122. The molecule has 0 spiro atoms. The van der Waals surface area contributed by atoms with Crippen molar-refractivity contribution in [2.24, 2.45) is 0 Å². The molecule has 5 atom stereocenters. The molecule has 0 aromatic carbocycles. The van der Waals surface area contributed by atoms with Gasteiger partial charge in [0.2, 0.25) is 0 Å². The summed E-state index contributed by atoms with van der Waals surface area (Å²) in [6.07, 6.45) is -2.88. The summed E-state index contributed by atoms with van der Waals surface area (Å²) in [5, 5.41) is 12.9. The number of aliphatic hydroxyl groups excluding tert-OH is 1. The summed E-state index contributed by atoms with van der Waals surface area (Å²) < 4.78 is 38.7. The molecule has 0 bridgehead atoms. The molecule has 2 heterocycles. The Kier molecular flexibility index (Phi) is 8.18. The molecule has 1 aliphatic rings. The van der Waals surface area contributed by atoms with Gasteiger partial charge >= 0.3 is 11.8 Å². The van der Waals surface area contributed by atoms with E-state index in [0.717, 1.165) is 23.8 Å². The first-order valence-electron chi connectivity index (χ1n) is 8.18. The lowest BCUT2D eigenvalue weighted by Gasteiger charge is -2.24. The Morgan fingerprint density at radius 1 is 1.50 bits per heavy atom. The fourth-order valence-electron chi connectivity index (χ4n) is 2.68. The van der Waals surface area contributed by atoms with Crippen molar-refractivity contribution in [3.05, 3.63) is 33.1 Å². The maximum absolute atomic E-state index is 14.9. The summed E-state index contributed by atoms with van der Waals surface area (Å²) in [5.74, 6) is 0. The van der Waals surface area contributed by atoms with Gasteiger partial charge in [-0.25, -0.2) is 14.3 Å². The predicted molar refractivity (Wildman–Crippen MR) is 93.5 cm³/mol. The largest absolute Gasteiger partial charge is 0.387 e. The molecular weight excluding hydrogens is 400 g/mol. The lowest BCUT2D eigenvalue weighted by Crippen LogP contribution is -2.43. The second-order valence-electron chi connectivity index (χ2n) is 6.65. The number of halogens is 1. The van der Waals surface area contributed by atoms with E-state index in [1.165, 1.54) is 6.66 Å². The van der Waals surface area contributed by atoms with E-state index in [2.05, 4.69) is 5.09 Å². The van der Waals surface area contributed by atoms with Crippen molar-refractivity contribution in [2.75, 3.05) is 13.3 Å². The average Bonchev–Trinajstić information content (AvgIpc) is 2.76. The minimum atomic E-state index is -3.16. The highest BCUT2D eigenvalue weighted by Gasteiger charge is 2.55. The minimum absolute atomic E-state index is 0.0934. The lowest BCUT2D eigenvalue weighted by atomic mass is 9.98. The van der Waals surface area contributed by atoms with Crippen LogP contribution in [0.1, 0.15) is 27.0 Å². The number of rotatable bonds is 6. The maximum atomic E-state index is 14.9. The van der Waals surface area contributed by atoms with Crippen LogP contribution in [0.2, 0.25) is 0 Å². The number of aromatic nitrogens is 2. The van der Waals surface area contributed by atoms with Crippen LogP contribution in [0.4, 0.5) is 4.39 Å². The van der Waals surface area contributed by atoms with Crippen LogP contribution < -0.4 is 16.3 Å². The van der Waals surface area contributed by atoms with Gasteiger partial charge in [0, 0.05) is 25.0 Å². The van der Waals surface area contributed by atoms with Gasteiger partial charge < -0.3 is 14.4 Å². The zero-order chi connectivity index (χ0) is 21.7. The fraction of sp³-hybridized carbons (Fsp3) is 0.667. The van der Waals surface area contributed by atoms with Gasteiger partial charge in [-0.2, -0.15) is 9.59 Å². The van der Waals surface area contributed by atoms with E-state index in [9.17, 15) is 23.7 Å². The molecule has 0 aliphatic carbocycles. The number of H-pyrrole nitrogens is 1. The van der Waals surface area contributed by atoms with E-state index in [-0.39, 0.29) is 18.8 Å². The highest BCUT2D eigenvalue weighted by molar-refractivity contribution is 7.56. The Hall–Kier alpha value is -1.94. The van der Waals surface area contributed by atoms with Crippen LogP contribution in [0, 0.1) is 0 Å². The number of ether oxygens (including phenoxy) is 1. The van der Waals surface area contributed by atoms with Gasteiger partial charge in [0.1, 0.15) is 12.2 Å². The van der Waals surface area contributed by atoms with Crippen LogP contribution in [0.15, 0.2) is 21.9 Å². The van der Waals surface area contributed by atoms with E-state index in [4.69, 9.17) is 18.8 Å². The summed E-state index contributed by atoms with van der Waals surface area (Å²) in [4.78, 5) is 41.2. The summed E-state index contributed by atoms with van der Waals surface area (Å²) in [5.41, 5.74) is -3.82. The number of alkyl halides is 1. The number of nitrogens with zero attached hydrogens (tertiary/aromatic N) is 1. The van der Waals surface area contributed by atoms with E-state index in [0.29, 0.717) is 0 Å². The molecular formula is C15H23FN3O8P. The molecule has 1 saturated heterocycles. The highest BCUT2D eigenvalue weighted by atomic mass is 31.2. The third-order valence-electron chi connectivity index (χ3n) is 3.80. The molecule has 1 aromatic rings. The second kappa shape index (κ2) is 9.51. The van der Waals surface area contributed by atoms with Gasteiger partial charge in [-0.1, -0.05) is 0 Å². The topological polar surface area (TPSA) is 157 Å². The summed E-state index contributed by atoms with van der Waals surface area (Å²) in [7, 11) is -3.16. The quantitative estimate of drug-likeness (QED) is 0.526. The first-order chi connectivity index (χ1) is 12.9. The van der Waals surface area contributed by atoms with E-state index in [1.807, 2.05) is 4.98 Å². The van der Waals surface area contributed by atoms with Crippen molar-refractivity contribution in [3.63, 3.8) is 0 Å². The van der Waals surface area contributed by atoms with Crippen molar-refractivity contribution in [1.29, 1.82) is 0 Å². The molecule has 1 aromatic heterocycles. The zero-order valence-electron chi connectivity index (χ0n) is 15.7. The zero-order valence-corrected chi connectivity index (χ0v) is 16.6. The van der Waals surface area contributed by atoms with Gasteiger partial charge in [0.25, 0.3) is 13.1 Å². The van der Waals surface area contributed by atoms with Crippen molar-refractivity contribution in [1.82, 2.24) is 14.6 Å². The lowest BCUT2D eigenvalue weighted by molar-refractivity contribution is -0.191. The Morgan fingerprint density at radius 3 is 2.57 bits per heavy atom. The van der Waals surface area contributed by atoms with Crippen LogP contribution in [0.3, 0.4) is 0 Å². The number of nitrogens with one attached hydrogen (secondary N) is 2. The highest BCUT2D eigenvalue weighted by Crippen LogP contribution is 2.43. The summed E-state index contributed by atoms with van der Waals surface area (Å²) >= 11 is 0. The number of hydrogen-bond donors (Lipinski definition) is 3. The molecule has 0 amide bonds. The molecule has 0 saturated carbocycles. The van der Waals surface area contributed by atoms with Crippen LogP contribution in [0.5, 0.6) is 0 Å². The maximum Gasteiger partial charge on any atom is 0.373 e. The Bertz CT molecular complexity index is 861. The van der Waals surface area contributed by atoms with Crippen molar-refractivity contribution in [2.45, 2.75) is 50.9 Å². The first-order valence-corrected chi connectivity index (χ1v) is 10.3. The van der Waals surface area contributed by atoms with Gasteiger partial charge in [-0.15, -0.1) is 0 Å². The predicted octanol–water partition coefficient (Wildman–Crippen LogP) is -0.223. The van der Waals surface area contributed by atoms with Gasteiger partial charge in [0.15, 0.2) is 11.9 Å². The van der Waals surface area contributed by atoms with Crippen LogP contribution in [0.25, 0.3) is 0 Å². The van der Waals surface area contributed by atoms with Crippen molar-refractivity contribution < 1.29 is 32.9 Å². The Labute approximate surface area is 159 Å². The fourth-order valence-corrected chi connectivity index (χ4v) is 4.13. The van der Waals surface area contributed by atoms with Crippen LogP contribution in [-0.2, 0) is 23.4 Å². The van der Waals surface area contributed by atoms with E-state index < -0.39 is 42.9 Å². The molecule has 28 heavy (non-hydrogen) atoms. The third-order valence-corrected chi connectivity index (χ3v) is 5.43. The molecule has 13 heteroatoms. The van der Waals surface area contributed by atoms with Gasteiger partial charge in [-0.3, -0.25) is 18.9 Å². The van der Waals surface area contributed by atoms with Gasteiger partial charge in [0.05, 0.1) is 6.61 Å². The minimum Gasteiger partial charge on any atom is -0.387 e. The molecule has 2 unspecified atom stereocenters. The normalized spacial score (nSPS) is 28.9. The van der Waals surface area contributed by atoms with Crippen molar-refractivity contribution in [3.8, 4) is 0 Å². The standard InChI is InChI=1S/C14H23FN3O6P.CO2/c1-8(2)17-25(4,22)23-7-9-11(20)14(3,15)12(24-9)18-6-5-10(19)16-13(18)21;2-1-3/h5-6,8-9,11-12,20H,7H2,1-4H3,(H,17,22)(H,16,19,21);/t9-,11+,12-,14?,25?;/m1./s1. The number of hydrogen-bond acceptors (Lipinski definition) is 8. The van der Waals surface area contributed by atoms with Crippen LogP contribution in [-0.4, -0.2) is 58.0 Å². The smallest absolute Gasteiger partial charge is 0.373 e. The number of aliphatic hydroxyl groups is 1. The molecule has 0 radical (unpaired) electrons. The third kappa shape index (κ3) is 6.03. The van der Waals surface area contributed by atoms with Crippen LogP contribution >= 0.6 is 7.52 Å². The van der Waals surface area contributed by atoms with Crippen molar-refractivity contribution >= 4 is 13.7 Å². The second-order valence-corrected chi connectivity index (χ2v) is 8.86. The Morgan fingerprint density at radius 2 is 2.07 bits per heavy atom. The monoisotopic (exact) mass is 423 g/mol. The number of carbonyl (C=O) groups excluding carboxylic acids is 2. The summed E-state index contributed by atoms with van der Waals surface area (Å²) in [6, 6.07) is 0.952. The molecule has 1 fully saturated rings. The molecule has 158 valence electrons. The molecule has 2 rings (SSSR count). The average molecular weight is 423 g/mol. The molecule has 3 N–H and O–H groups in total. The molecule has 1 aliphatic heterocycles. The number of aromatic amines is 1. The molecule has 11 nitrogen and oxygen atoms in total. The first kappa shape index (κ1) is 24.1.